The summed E-state index contributed by atoms with van der Waals surface area (Å²) in [6.45, 7) is 0. The zero-order valence-corrected chi connectivity index (χ0v) is 16.1. The van der Waals surface area contributed by atoms with Crippen LogP contribution in [0.3, 0.4) is 0 Å². The Labute approximate surface area is 159 Å². The number of nitrogens with zero attached hydrogens (tertiary/aromatic N) is 1. The van der Waals surface area contributed by atoms with Gasteiger partial charge in [0.15, 0.2) is 0 Å². The molecule has 0 spiro atoms. The summed E-state index contributed by atoms with van der Waals surface area (Å²) in [6.07, 6.45) is 0. The molecule has 6 nitrogen and oxygen atoms in total. The molecule has 0 saturated heterocycles. The zero-order chi connectivity index (χ0) is 19.5. The van der Waals surface area contributed by atoms with E-state index in [1.807, 2.05) is 0 Å². The van der Waals surface area contributed by atoms with Crippen molar-refractivity contribution < 1.29 is 16.8 Å². The van der Waals surface area contributed by atoms with E-state index in [0.717, 1.165) is 4.31 Å². The van der Waals surface area contributed by atoms with Crippen molar-refractivity contribution in [2.75, 3.05) is 16.1 Å². The lowest BCUT2D eigenvalue weighted by molar-refractivity contribution is 0.593. The molecule has 140 valence electrons. The number of sulfonamides is 2. The fourth-order valence-corrected chi connectivity index (χ4v) is 4.78. The molecule has 0 heterocycles. The van der Waals surface area contributed by atoms with E-state index >= 15 is 0 Å². The van der Waals surface area contributed by atoms with Crippen LogP contribution in [0.4, 0.5) is 11.4 Å². The van der Waals surface area contributed by atoms with Crippen LogP contribution in [0.2, 0.25) is 0 Å². The van der Waals surface area contributed by atoms with Crippen LogP contribution in [-0.2, 0) is 20.0 Å². The van der Waals surface area contributed by atoms with Gasteiger partial charge in [-0.15, -0.1) is 0 Å². The van der Waals surface area contributed by atoms with Gasteiger partial charge in [-0.25, -0.2) is 16.8 Å². The minimum Gasteiger partial charge on any atom is -0.280 e. The van der Waals surface area contributed by atoms with Gasteiger partial charge in [0.25, 0.3) is 20.0 Å². The van der Waals surface area contributed by atoms with Gasteiger partial charge in [0.05, 0.1) is 21.2 Å². The van der Waals surface area contributed by atoms with Crippen LogP contribution in [-0.4, -0.2) is 23.9 Å². The van der Waals surface area contributed by atoms with Crippen LogP contribution in [0.15, 0.2) is 94.7 Å². The van der Waals surface area contributed by atoms with Gasteiger partial charge in [-0.3, -0.25) is 9.03 Å². The molecule has 8 heteroatoms. The first-order valence-electron chi connectivity index (χ1n) is 8.03. The number of para-hydroxylation sites is 1. The molecular formula is C19H18N2O4S2. The average molecular weight is 402 g/mol. The summed E-state index contributed by atoms with van der Waals surface area (Å²) in [5.41, 5.74) is 0.675. The molecule has 0 bridgehead atoms. The Hall–Kier alpha value is -2.84. The maximum atomic E-state index is 12.9. The van der Waals surface area contributed by atoms with E-state index in [-0.39, 0.29) is 15.5 Å². The number of benzene rings is 3. The minimum absolute atomic E-state index is 0.0119. The number of anilines is 2. The maximum absolute atomic E-state index is 12.9. The summed E-state index contributed by atoms with van der Waals surface area (Å²) in [5, 5.41) is 0. The van der Waals surface area contributed by atoms with E-state index in [0.29, 0.717) is 5.69 Å². The first-order valence-corrected chi connectivity index (χ1v) is 10.9. The van der Waals surface area contributed by atoms with Crippen LogP contribution < -0.4 is 9.03 Å². The Bertz CT molecular complexity index is 1130. The monoisotopic (exact) mass is 402 g/mol. The molecule has 1 N–H and O–H groups in total. The molecule has 0 aliphatic carbocycles. The molecule has 0 radical (unpaired) electrons. The normalized spacial score (nSPS) is 11.7. The highest BCUT2D eigenvalue weighted by atomic mass is 32.2. The molecule has 0 atom stereocenters. The van der Waals surface area contributed by atoms with Crippen LogP contribution in [0.1, 0.15) is 0 Å². The zero-order valence-electron chi connectivity index (χ0n) is 14.5. The molecule has 0 unspecified atom stereocenters. The summed E-state index contributed by atoms with van der Waals surface area (Å²) >= 11 is 0. The summed E-state index contributed by atoms with van der Waals surface area (Å²) < 4.78 is 54.2. The quantitative estimate of drug-likeness (QED) is 0.686. The molecule has 0 fully saturated rings. The second-order valence-electron chi connectivity index (χ2n) is 5.75. The summed E-state index contributed by atoms with van der Waals surface area (Å²) in [5.74, 6) is 0. The third-order valence-corrected chi connectivity index (χ3v) is 7.10. The van der Waals surface area contributed by atoms with E-state index in [1.54, 1.807) is 48.5 Å². The van der Waals surface area contributed by atoms with Crippen molar-refractivity contribution >= 4 is 31.4 Å². The fourth-order valence-electron chi connectivity index (χ4n) is 2.47. The molecule has 3 rings (SSSR count). The molecule has 0 aliphatic rings. The summed E-state index contributed by atoms with van der Waals surface area (Å²) in [4.78, 5) is 0.0850. The number of nitrogens with one attached hydrogen (secondary N) is 1. The van der Waals surface area contributed by atoms with Crippen molar-refractivity contribution in [2.45, 2.75) is 9.79 Å². The number of hydrogen-bond acceptors (Lipinski definition) is 4. The van der Waals surface area contributed by atoms with Crippen LogP contribution in [0.25, 0.3) is 0 Å². The predicted octanol–water partition coefficient (Wildman–Crippen LogP) is 3.31. The van der Waals surface area contributed by atoms with E-state index < -0.39 is 20.0 Å². The first kappa shape index (κ1) is 18.9. The average Bonchev–Trinajstić information content (AvgIpc) is 2.68. The highest BCUT2D eigenvalue weighted by molar-refractivity contribution is 7.93. The third kappa shape index (κ3) is 4.12. The van der Waals surface area contributed by atoms with Crippen LogP contribution >= 0.6 is 0 Å². The van der Waals surface area contributed by atoms with E-state index in [2.05, 4.69) is 4.72 Å². The maximum Gasteiger partial charge on any atom is 0.264 e. The van der Waals surface area contributed by atoms with Crippen LogP contribution in [0, 0.1) is 0 Å². The standard InChI is InChI=1S/C19H18N2O4S2/c1-21(17-10-4-2-5-11-17)27(24,25)19-14-8-9-16(15-19)20-26(22,23)18-12-6-3-7-13-18/h2-15,20H,1H3. The molecule has 0 aromatic heterocycles. The van der Waals surface area contributed by atoms with Crippen molar-refractivity contribution in [1.29, 1.82) is 0 Å². The lowest BCUT2D eigenvalue weighted by Crippen LogP contribution is -2.26. The fraction of sp³-hybridized carbons (Fsp3) is 0.0526. The molecule has 0 saturated carbocycles. The Morgan fingerprint density at radius 2 is 1.26 bits per heavy atom. The minimum atomic E-state index is -3.84. The first-order chi connectivity index (χ1) is 12.8. The molecule has 3 aromatic rings. The number of rotatable bonds is 6. The van der Waals surface area contributed by atoms with Crippen molar-refractivity contribution in [3.63, 3.8) is 0 Å². The highest BCUT2D eigenvalue weighted by Gasteiger charge is 2.22. The lowest BCUT2D eigenvalue weighted by Gasteiger charge is -2.20. The van der Waals surface area contributed by atoms with Crippen LogP contribution in [0.5, 0.6) is 0 Å². The van der Waals surface area contributed by atoms with Gasteiger partial charge >= 0.3 is 0 Å². The van der Waals surface area contributed by atoms with E-state index in [1.165, 1.54) is 43.4 Å². The van der Waals surface area contributed by atoms with Crippen molar-refractivity contribution in [3.05, 3.63) is 84.9 Å². The lowest BCUT2D eigenvalue weighted by atomic mass is 10.3. The van der Waals surface area contributed by atoms with Gasteiger partial charge in [0, 0.05) is 7.05 Å². The Morgan fingerprint density at radius 1 is 0.704 bits per heavy atom. The second-order valence-corrected chi connectivity index (χ2v) is 9.41. The van der Waals surface area contributed by atoms with Gasteiger partial charge in [0.1, 0.15) is 0 Å². The topological polar surface area (TPSA) is 83.6 Å². The Morgan fingerprint density at radius 3 is 1.89 bits per heavy atom. The summed E-state index contributed by atoms with van der Waals surface area (Å²) in [7, 11) is -6.19. The van der Waals surface area contributed by atoms with Gasteiger partial charge in [-0.05, 0) is 42.5 Å². The summed E-state index contributed by atoms with van der Waals surface area (Å²) in [6, 6.07) is 22.2. The molecular weight excluding hydrogens is 384 g/mol. The molecule has 0 aliphatic heterocycles. The molecule has 0 amide bonds. The van der Waals surface area contributed by atoms with Gasteiger partial charge in [-0.2, -0.15) is 0 Å². The SMILES string of the molecule is CN(c1ccccc1)S(=O)(=O)c1cccc(NS(=O)(=O)c2ccccc2)c1. The van der Waals surface area contributed by atoms with Gasteiger partial charge in [-0.1, -0.05) is 42.5 Å². The highest BCUT2D eigenvalue weighted by Crippen LogP contribution is 2.24. The van der Waals surface area contributed by atoms with Crippen molar-refractivity contribution in [2.24, 2.45) is 0 Å². The van der Waals surface area contributed by atoms with Gasteiger partial charge < -0.3 is 0 Å². The molecule has 27 heavy (non-hydrogen) atoms. The third-order valence-electron chi connectivity index (χ3n) is 3.92. The Balaban J connectivity index is 1.92. The Kier molecular flexibility index (Phi) is 5.20. The predicted molar refractivity (Wildman–Crippen MR) is 106 cm³/mol. The molecule has 3 aromatic carbocycles. The van der Waals surface area contributed by atoms with E-state index in [4.69, 9.17) is 0 Å². The number of hydrogen-bond donors (Lipinski definition) is 1. The van der Waals surface area contributed by atoms with Crippen molar-refractivity contribution in [1.82, 2.24) is 0 Å². The van der Waals surface area contributed by atoms with E-state index in [9.17, 15) is 16.8 Å². The van der Waals surface area contributed by atoms with Gasteiger partial charge in [0.2, 0.25) is 0 Å². The second kappa shape index (κ2) is 7.42. The smallest absolute Gasteiger partial charge is 0.264 e. The van der Waals surface area contributed by atoms with Crippen molar-refractivity contribution in [3.8, 4) is 0 Å². The largest absolute Gasteiger partial charge is 0.280 e.